The van der Waals surface area contributed by atoms with Crippen molar-refractivity contribution >= 4 is 5.91 Å². The third-order valence-corrected chi connectivity index (χ3v) is 4.38. The molecule has 3 rings (SSSR count). The highest BCUT2D eigenvalue weighted by atomic mass is 16.5. The van der Waals surface area contributed by atoms with Crippen LogP contribution in [0.15, 0.2) is 30.3 Å². The number of carbonyl (C=O) groups is 1. The van der Waals surface area contributed by atoms with Crippen LogP contribution in [-0.4, -0.2) is 23.5 Å². The topological polar surface area (TPSA) is 29.5 Å². The van der Waals surface area contributed by atoms with Gasteiger partial charge >= 0.3 is 0 Å². The number of ether oxygens (including phenoxy) is 1. The van der Waals surface area contributed by atoms with E-state index in [1.54, 1.807) is 0 Å². The van der Waals surface area contributed by atoms with Gasteiger partial charge in [0.1, 0.15) is 0 Å². The molecule has 19 heavy (non-hydrogen) atoms. The number of fused-ring (bicyclic) bond motifs is 1. The Morgan fingerprint density at radius 2 is 1.89 bits per heavy atom. The van der Waals surface area contributed by atoms with Gasteiger partial charge in [-0.05, 0) is 11.3 Å². The van der Waals surface area contributed by atoms with Gasteiger partial charge in [-0.25, -0.2) is 0 Å². The van der Waals surface area contributed by atoms with E-state index >= 15 is 0 Å². The lowest BCUT2D eigenvalue weighted by molar-refractivity contribution is -0.134. The fourth-order valence-corrected chi connectivity index (χ4v) is 3.34. The quantitative estimate of drug-likeness (QED) is 0.776. The minimum atomic E-state index is -0.189. The van der Waals surface area contributed by atoms with Gasteiger partial charge in [0.15, 0.2) is 6.23 Å². The van der Waals surface area contributed by atoms with Gasteiger partial charge in [-0.2, -0.15) is 0 Å². The molecule has 2 aliphatic heterocycles. The van der Waals surface area contributed by atoms with Crippen molar-refractivity contribution in [2.24, 2.45) is 11.3 Å². The van der Waals surface area contributed by atoms with E-state index in [-0.39, 0.29) is 23.6 Å². The first kappa shape index (κ1) is 12.7. The average molecular weight is 259 g/mol. The zero-order chi connectivity index (χ0) is 13.6. The molecule has 1 aromatic carbocycles. The molecule has 1 unspecified atom stereocenters. The maximum Gasteiger partial charge on any atom is 0.225 e. The van der Waals surface area contributed by atoms with E-state index in [4.69, 9.17) is 4.74 Å². The minimum Gasteiger partial charge on any atom is -0.352 e. The van der Waals surface area contributed by atoms with E-state index in [1.165, 1.54) is 0 Å². The summed E-state index contributed by atoms with van der Waals surface area (Å²) < 4.78 is 5.91. The Morgan fingerprint density at radius 1 is 1.21 bits per heavy atom. The van der Waals surface area contributed by atoms with E-state index in [2.05, 4.69) is 20.8 Å². The summed E-state index contributed by atoms with van der Waals surface area (Å²) in [5.74, 6) is 0.616. The maximum atomic E-state index is 12.3. The van der Waals surface area contributed by atoms with Crippen molar-refractivity contribution in [3.63, 3.8) is 0 Å². The second-order valence-electron chi connectivity index (χ2n) is 6.64. The van der Waals surface area contributed by atoms with Gasteiger partial charge in [-0.3, -0.25) is 4.79 Å². The first-order chi connectivity index (χ1) is 8.98. The molecule has 0 aromatic heterocycles. The van der Waals surface area contributed by atoms with Gasteiger partial charge in [0.25, 0.3) is 0 Å². The summed E-state index contributed by atoms with van der Waals surface area (Å²) in [4.78, 5) is 14.3. The first-order valence-corrected chi connectivity index (χ1v) is 6.96. The zero-order valence-corrected chi connectivity index (χ0v) is 11.8. The lowest BCUT2D eigenvalue weighted by Gasteiger charge is -2.31. The number of benzene rings is 1. The summed E-state index contributed by atoms with van der Waals surface area (Å²) in [5.41, 5.74) is 1.22. The van der Waals surface area contributed by atoms with Crippen molar-refractivity contribution in [1.29, 1.82) is 0 Å². The van der Waals surface area contributed by atoms with Gasteiger partial charge in [0.05, 0.1) is 12.6 Å². The summed E-state index contributed by atoms with van der Waals surface area (Å²) >= 11 is 0. The van der Waals surface area contributed by atoms with Gasteiger partial charge in [0, 0.05) is 12.0 Å². The summed E-state index contributed by atoms with van der Waals surface area (Å²) in [6.45, 7) is 7.30. The highest BCUT2D eigenvalue weighted by Crippen LogP contribution is 2.46. The molecular formula is C16H21NO2. The Hall–Kier alpha value is -1.35. The van der Waals surface area contributed by atoms with Gasteiger partial charge in [-0.1, -0.05) is 51.1 Å². The van der Waals surface area contributed by atoms with Gasteiger partial charge < -0.3 is 9.64 Å². The summed E-state index contributed by atoms with van der Waals surface area (Å²) in [7, 11) is 0. The predicted molar refractivity (Wildman–Crippen MR) is 73.3 cm³/mol. The number of amides is 1. The molecule has 3 atom stereocenters. The molecule has 0 aliphatic carbocycles. The van der Waals surface area contributed by atoms with Gasteiger partial charge in [0.2, 0.25) is 5.91 Å². The number of hydrogen-bond acceptors (Lipinski definition) is 2. The summed E-state index contributed by atoms with van der Waals surface area (Å²) in [5, 5.41) is 0. The molecule has 0 bridgehead atoms. The van der Waals surface area contributed by atoms with Crippen LogP contribution >= 0.6 is 0 Å². The number of nitrogens with zero attached hydrogens (tertiary/aromatic N) is 1. The molecular weight excluding hydrogens is 238 g/mol. The minimum absolute atomic E-state index is 0.143. The third-order valence-electron chi connectivity index (χ3n) is 4.38. The molecule has 2 fully saturated rings. The molecule has 0 N–H and O–H groups in total. The molecule has 1 amide bonds. The third kappa shape index (κ3) is 2.06. The number of carbonyl (C=O) groups excluding carboxylic acids is 1. The largest absolute Gasteiger partial charge is 0.352 e. The fourth-order valence-electron chi connectivity index (χ4n) is 3.34. The molecule has 2 aliphatic rings. The molecule has 1 aromatic rings. The normalized spacial score (nSPS) is 30.8. The lowest BCUT2D eigenvalue weighted by atomic mass is 9.76. The van der Waals surface area contributed by atoms with E-state index in [9.17, 15) is 4.79 Å². The van der Waals surface area contributed by atoms with Crippen LogP contribution in [0.5, 0.6) is 0 Å². The van der Waals surface area contributed by atoms with E-state index in [0.717, 1.165) is 5.56 Å². The maximum absolute atomic E-state index is 12.3. The van der Waals surface area contributed by atoms with Gasteiger partial charge in [-0.15, -0.1) is 0 Å². The lowest BCUT2D eigenvalue weighted by Crippen LogP contribution is -2.36. The smallest absolute Gasteiger partial charge is 0.225 e. The van der Waals surface area contributed by atoms with Crippen LogP contribution in [0.4, 0.5) is 0 Å². The molecule has 2 saturated heterocycles. The highest BCUT2D eigenvalue weighted by Gasteiger charge is 2.51. The zero-order valence-electron chi connectivity index (χ0n) is 11.8. The average Bonchev–Trinajstić information content (AvgIpc) is 2.91. The molecule has 0 radical (unpaired) electrons. The van der Waals surface area contributed by atoms with Crippen LogP contribution < -0.4 is 0 Å². The molecule has 2 heterocycles. The Kier molecular flexibility index (Phi) is 2.90. The van der Waals surface area contributed by atoms with Crippen molar-refractivity contribution in [2.75, 3.05) is 6.61 Å². The van der Waals surface area contributed by atoms with Crippen molar-refractivity contribution in [3.8, 4) is 0 Å². The van der Waals surface area contributed by atoms with Crippen molar-refractivity contribution in [1.82, 2.24) is 4.90 Å². The number of hydrogen-bond donors (Lipinski definition) is 0. The Bertz CT molecular complexity index is 477. The first-order valence-electron chi connectivity index (χ1n) is 6.96. The summed E-state index contributed by atoms with van der Waals surface area (Å²) in [6.07, 6.45) is 0.465. The van der Waals surface area contributed by atoms with Crippen LogP contribution in [0.25, 0.3) is 0 Å². The summed E-state index contributed by atoms with van der Waals surface area (Å²) in [6, 6.07) is 10.3. The Morgan fingerprint density at radius 3 is 2.53 bits per heavy atom. The highest BCUT2D eigenvalue weighted by molar-refractivity contribution is 5.80. The van der Waals surface area contributed by atoms with E-state index < -0.39 is 0 Å². The monoisotopic (exact) mass is 259 g/mol. The molecule has 0 spiro atoms. The van der Waals surface area contributed by atoms with Crippen LogP contribution in [0.3, 0.4) is 0 Å². The molecule has 3 nitrogen and oxygen atoms in total. The second kappa shape index (κ2) is 4.34. The van der Waals surface area contributed by atoms with Crippen LogP contribution in [0.1, 0.15) is 39.0 Å². The van der Waals surface area contributed by atoms with Crippen LogP contribution in [-0.2, 0) is 9.53 Å². The fraction of sp³-hybridized carbons (Fsp3) is 0.562. The number of rotatable bonds is 1. The van der Waals surface area contributed by atoms with Crippen molar-refractivity contribution in [2.45, 2.75) is 39.5 Å². The van der Waals surface area contributed by atoms with E-state index in [1.807, 2.05) is 35.2 Å². The van der Waals surface area contributed by atoms with Crippen molar-refractivity contribution in [3.05, 3.63) is 35.9 Å². The second-order valence-corrected chi connectivity index (χ2v) is 6.64. The standard InChI is InChI=1S/C16H21NO2/c1-16(2,3)12-9-14(18)17-13(12)10-19-15(17)11-7-5-4-6-8-11/h4-8,12-13,15H,9-10H2,1-3H3/t12?,13-,15-/m1/s1. The predicted octanol–water partition coefficient (Wildman–Crippen LogP) is 2.98. The van der Waals surface area contributed by atoms with Crippen molar-refractivity contribution < 1.29 is 9.53 Å². The van der Waals surface area contributed by atoms with Crippen LogP contribution in [0, 0.1) is 11.3 Å². The van der Waals surface area contributed by atoms with E-state index in [0.29, 0.717) is 18.9 Å². The SMILES string of the molecule is CC(C)(C)C1CC(=O)N2[C@@H](c3ccccc3)OC[C@H]12. The molecule has 0 saturated carbocycles. The van der Waals surface area contributed by atoms with Crippen LogP contribution in [0.2, 0.25) is 0 Å². The molecule has 102 valence electrons. The Labute approximate surface area is 114 Å². The molecule has 3 heteroatoms. The Balaban J connectivity index is 1.89.